The van der Waals surface area contributed by atoms with Crippen molar-refractivity contribution in [2.24, 2.45) is 5.73 Å². The molecule has 0 radical (unpaired) electrons. The topological polar surface area (TPSA) is 61.5 Å². The lowest BCUT2D eigenvalue weighted by molar-refractivity contribution is 0.0999. The second-order valence-corrected chi connectivity index (χ2v) is 6.36. The quantitative estimate of drug-likeness (QED) is 0.654. The van der Waals surface area contributed by atoms with Crippen LogP contribution in [0, 0.1) is 0 Å². The van der Waals surface area contributed by atoms with Gasteiger partial charge in [0.05, 0.1) is 11.1 Å². The Kier molecular flexibility index (Phi) is 5.24. The van der Waals surface area contributed by atoms with Crippen LogP contribution in [-0.4, -0.2) is 12.5 Å². The fourth-order valence-corrected chi connectivity index (χ4v) is 3.24. The number of amides is 1. The van der Waals surface area contributed by atoms with Crippen molar-refractivity contribution in [3.05, 3.63) is 70.2 Å². The normalized spacial score (nSPS) is 10.6. The van der Waals surface area contributed by atoms with Gasteiger partial charge in [-0.3, -0.25) is 4.79 Å². The van der Waals surface area contributed by atoms with E-state index in [2.05, 4.69) is 34.1 Å². The fourth-order valence-electron chi connectivity index (χ4n) is 2.68. The highest BCUT2D eigenvalue weighted by Gasteiger charge is 2.15. The minimum atomic E-state index is -0.512. The third-order valence-corrected chi connectivity index (χ3v) is 4.43. The minimum Gasteiger partial charge on any atom is -0.490 e. The molecule has 0 aromatic heterocycles. The molecule has 3 rings (SSSR count). The van der Waals surface area contributed by atoms with Crippen LogP contribution >= 0.6 is 15.9 Å². The molecule has 5 heteroatoms. The Morgan fingerprint density at radius 1 is 1.08 bits per heavy atom. The number of nitrogens with two attached hydrogens (primary N) is 1. The lowest BCUT2D eigenvalue weighted by Gasteiger charge is -2.15. The van der Waals surface area contributed by atoms with E-state index in [0.29, 0.717) is 34.7 Å². The SMILES string of the molecule is CCOc1cc(C(N)=O)cc(Br)c1OCc1cccc2ccccc12. The lowest BCUT2D eigenvalue weighted by Crippen LogP contribution is -2.12. The number of ether oxygens (including phenoxy) is 2. The summed E-state index contributed by atoms with van der Waals surface area (Å²) in [5.41, 5.74) is 6.81. The predicted octanol–water partition coefficient (Wildman–Crippen LogP) is 4.68. The second-order valence-electron chi connectivity index (χ2n) is 5.51. The third kappa shape index (κ3) is 3.77. The van der Waals surface area contributed by atoms with E-state index in [1.807, 2.05) is 31.2 Å². The summed E-state index contributed by atoms with van der Waals surface area (Å²) in [7, 11) is 0. The Morgan fingerprint density at radius 3 is 2.60 bits per heavy atom. The highest BCUT2D eigenvalue weighted by Crippen LogP contribution is 2.37. The zero-order chi connectivity index (χ0) is 17.8. The van der Waals surface area contributed by atoms with Crippen molar-refractivity contribution in [1.82, 2.24) is 0 Å². The van der Waals surface area contributed by atoms with Crippen LogP contribution in [0.25, 0.3) is 10.8 Å². The summed E-state index contributed by atoms with van der Waals surface area (Å²) in [6.45, 7) is 2.72. The monoisotopic (exact) mass is 399 g/mol. The summed E-state index contributed by atoms with van der Waals surface area (Å²) in [5.74, 6) is 0.535. The maximum absolute atomic E-state index is 11.5. The summed E-state index contributed by atoms with van der Waals surface area (Å²) in [6, 6.07) is 17.5. The summed E-state index contributed by atoms with van der Waals surface area (Å²) in [6.07, 6.45) is 0. The van der Waals surface area contributed by atoms with E-state index in [-0.39, 0.29) is 0 Å². The number of fused-ring (bicyclic) bond motifs is 1. The number of hydrogen-bond acceptors (Lipinski definition) is 3. The number of primary amides is 1. The summed E-state index contributed by atoms with van der Waals surface area (Å²) in [4.78, 5) is 11.5. The second kappa shape index (κ2) is 7.57. The first kappa shape index (κ1) is 17.3. The van der Waals surface area contributed by atoms with Crippen LogP contribution in [0.5, 0.6) is 11.5 Å². The average molecular weight is 400 g/mol. The zero-order valence-electron chi connectivity index (χ0n) is 13.8. The van der Waals surface area contributed by atoms with Crippen molar-refractivity contribution in [3.63, 3.8) is 0 Å². The molecule has 2 N–H and O–H groups in total. The van der Waals surface area contributed by atoms with Crippen molar-refractivity contribution >= 4 is 32.6 Å². The molecule has 3 aromatic carbocycles. The molecule has 0 aliphatic heterocycles. The molecule has 3 aromatic rings. The van der Waals surface area contributed by atoms with Gasteiger partial charge in [-0.25, -0.2) is 0 Å². The molecule has 0 saturated carbocycles. The molecule has 0 atom stereocenters. The van der Waals surface area contributed by atoms with Gasteiger partial charge in [-0.2, -0.15) is 0 Å². The van der Waals surface area contributed by atoms with Crippen LogP contribution in [-0.2, 0) is 6.61 Å². The predicted molar refractivity (Wildman–Crippen MR) is 102 cm³/mol. The number of carbonyl (C=O) groups excluding carboxylic acids is 1. The molecule has 0 spiro atoms. The van der Waals surface area contributed by atoms with Crippen molar-refractivity contribution < 1.29 is 14.3 Å². The molecule has 25 heavy (non-hydrogen) atoms. The van der Waals surface area contributed by atoms with E-state index in [9.17, 15) is 4.79 Å². The van der Waals surface area contributed by atoms with E-state index in [4.69, 9.17) is 15.2 Å². The van der Waals surface area contributed by atoms with Crippen LogP contribution in [0.1, 0.15) is 22.8 Å². The van der Waals surface area contributed by atoms with Gasteiger partial charge < -0.3 is 15.2 Å². The van der Waals surface area contributed by atoms with Crippen LogP contribution in [0.2, 0.25) is 0 Å². The average Bonchev–Trinajstić information content (AvgIpc) is 2.61. The Balaban J connectivity index is 1.93. The highest BCUT2D eigenvalue weighted by atomic mass is 79.9. The van der Waals surface area contributed by atoms with Crippen molar-refractivity contribution in [2.75, 3.05) is 6.61 Å². The summed E-state index contributed by atoms with van der Waals surface area (Å²) >= 11 is 3.45. The van der Waals surface area contributed by atoms with Crippen molar-refractivity contribution in [2.45, 2.75) is 13.5 Å². The molecule has 0 saturated heterocycles. The van der Waals surface area contributed by atoms with Crippen LogP contribution < -0.4 is 15.2 Å². The molecule has 0 unspecified atom stereocenters. The van der Waals surface area contributed by atoms with E-state index in [1.54, 1.807) is 12.1 Å². The molecule has 0 heterocycles. The molecular weight excluding hydrogens is 382 g/mol. The molecular formula is C20H18BrNO3. The first-order valence-corrected chi connectivity index (χ1v) is 8.75. The molecule has 0 bridgehead atoms. The van der Waals surface area contributed by atoms with Crippen molar-refractivity contribution in [3.8, 4) is 11.5 Å². The van der Waals surface area contributed by atoms with Gasteiger partial charge in [0.2, 0.25) is 5.91 Å². The van der Waals surface area contributed by atoms with Gasteiger partial charge in [0.1, 0.15) is 6.61 Å². The number of benzene rings is 3. The van der Waals surface area contributed by atoms with E-state index >= 15 is 0 Å². The van der Waals surface area contributed by atoms with E-state index in [0.717, 1.165) is 16.3 Å². The molecule has 0 fully saturated rings. The molecule has 0 aliphatic carbocycles. The minimum absolute atomic E-state index is 0.368. The maximum atomic E-state index is 11.5. The first-order chi connectivity index (χ1) is 12.1. The number of carbonyl (C=O) groups is 1. The van der Waals surface area contributed by atoms with Crippen molar-refractivity contribution in [1.29, 1.82) is 0 Å². The van der Waals surface area contributed by atoms with Gasteiger partial charge in [0.25, 0.3) is 0 Å². The smallest absolute Gasteiger partial charge is 0.248 e. The third-order valence-electron chi connectivity index (χ3n) is 3.85. The zero-order valence-corrected chi connectivity index (χ0v) is 15.4. The number of halogens is 1. The number of rotatable bonds is 6. The Hall–Kier alpha value is -2.53. The summed E-state index contributed by atoms with van der Waals surface area (Å²) < 4.78 is 12.3. The van der Waals surface area contributed by atoms with Crippen LogP contribution in [0.15, 0.2) is 59.1 Å². The maximum Gasteiger partial charge on any atom is 0.248 e. The van der Waals surface area contributed by atoms with E-state index in [1.165, 1.54) is 0 Å². The molecule has 4 nitrogen and oxygen atoms in total. The van der Waals surface area contributed by atoms with Crippen LogP contribution in [0.4, 0.5) is 0 Å². The molecule has 128 valence electrons. The number of hydrogen-bond donors (Lipinski definition) is 1. The van der Waals surface area contributed by atoms with Gasteiger partial charge >= 0.3 is 0 Å². The Labute approximate surface area is 154 Å². The van der Waals surface area contributed by atoms with Gasteiger partial charge in [0.15, 0.2) is 11.5 Å². The standard InChI is InChI=1S/C20H18BrNO3/c1-2-24-18-11-15(20(22)23)10-17(21)19(18)25-12-14-8-5-7-13-6-3-4-9-16(13)14/h3-11H,2,12H2,1H3,(H2,22,23). The largest absolute Gasteiger partial charge is 0.490 e. The first-order valence-electron chi connectivity index (χ1n) is 7.95. The van der Waals surface area contributed by atoms with Gasteiger partial charge in [-0.05, 0) is 51.3 Å². The van der Waals surface area contributed by atoms with Crippen LogP contribution in [0.3, 0.4) is 0 Å². The molecule has 1 amide bonds. The van der Waals surface area contributed by atoms with Gasteiger partial charge in [-0.15, -0.1) is 0 Å². The lowest BCUT2D eigenvalue weighted by atomic mass is 10.1. The van der Waals surface area contributed by atoms with Gasteiger partial charge in [-0.1, -0.05) is 42.5 Å². The van der Waals surface area contributed by atoms with Gasteiger partial charge in [0, 0.05) is 5.56 Å². The summed E-state index contributed by atoms with van der Waals surface area (Å²) in [5, 5.41) is 2.31. The van der Waals surface area contributed by atoms with E-state index < -0.39 is 5.91 Å². The Morgan fingerprint density at radius 2 is 1.84 bits per heavy atom. The molecule has 0 aliphatic rings. The Bertz CT molecular complexity index is 919. The fraction of sp³-hybridized carbons (Fsp3) is 0.150. The highest BCUT2D eigenvalue weighted by molar-refractivity contribution is 9.10.